The molecule has 0 saturated heterocycles. The molecule has 0 atom stereocenters. The van der Waals surface area contributed by atoms with Gasteiger partial charge in [-0.05, 0) is 111 Å². The second kappa shape index (κ2) is 14.2. The van der Waals surface area contributed by atoms with E-state index in [0.29, 0.717) is 0 Å². The summed E-state index contributed by atoms with van der Waals surface area (Å²) in [4.78, 5) is 7.37. The van der Waals surface area contributed by atoms with Gasteiger partial charge in [-0.1, -0.05) is 158 Å². The van der Waals surface area contributed by atoms with Gasteiger partial charge >= 0.3 is 0 Å². The van der Waals surface area contributed by atoms with Crippen LogP contribution in [0.3, 0.4) is 0 Å². The minimum absolute atomic E-state index is 0.0433. The number of rotatable bonds is 7. The predicted molar refractivity (Wildman–Crippen MR) is 246 cm³/mol. The van der Waals surface area contributed by atoms with Gasteiger partial charge in [0.2, 0.25) is 0 Å². The van der Waals surface area contributed by atoms with Gasteiger partial charge < -0.3 is 14.7 Å². The smallest absolute Gasteiger partial charge is 0.252 e. The van der Waals surface area contributed by atoms with Crippen LogP contribution in [0, 0.1) is 0 Å². The van der Waals surface area contributed by atoms with Crippen molar-refractivity contribution in [1.29, 1.82) is 0 Å². The molecule has 0 unspecified atom stereocenters. The van der Waals surface area contributed by atoms with Gasteiger partial charge in [0, 0.05) is 45.5 Å². The van der Waals surface area contributed by atoms with Crippen molar-refractivity contribution in [3.05, 3.63) is 231 Å². The van der Waals surface area contributed by atoms with Gasteiger partial charge in [0.15, 0.2) is 0 Å². The van der Waals surface area contributed by atoms with Gasteiger partial charge in [0.25, 0.3) is 6.71 Å². The Morgan fingerprint density at radius 3 is 1.05 bits per heavy atom. The van der Waals surface area contributed by atoms with Crippen molar-refractivity contribution in [2.45, 2.75) is 0 Å². The van der Waals surface area contributed by atoms with Gasteiger partial charge in [0.05, 0.1) is 5.69 Å². The van der Waals surface area contributed by atoms with E-state index in [1.165, 1.54) is 50.0 Å². The highest BCUT2D eigenvalue weighted by Crippen LogP contribution is 2.48. The minimum atomic E-state index is -0.0433. The Morgan fingerprint density at radius 1 is 0.293 bits per heavy atom. The van der Waals surface area contributed by atoms with Crippen LogP contribution in [0.1, 0.15) is 0 Å². The molecule has 0 radical (unpaired) electrons. The molecule has 58 heavy (non-hydrogen) atoms. The van der Waals surface area contributed by atoms with Crippen LogP contribution >= 0.6 is 0 Å². The first kappa shape index (κ1) is 33.8. The zero-order valence-electron chi connectivity index (χ0n) is 31.9. The Morgan fingerprint density at radius 2 is 0.655 bits per heavy atom. The van der Waals surface area contributed by atoms with Gasteiger partial charge in [-0.2, -0.15) is 0 Å². The minimum Gasteiger partial charge on any atom is -0.311 e. The third-order valence-electron chi connectivity index (χ3n) is 11.6. The van der Waals surface area contributed by atoms with E-state index in [2.05, 4.69) is 245 Å². The summed E-state index contributed by atoms with van der Waals surface area (Å²) >= 11 is 0. The summed E-state index contributed by atoms with van der Waals surface area (Å²) in [7, 11) is 0. The van der Waals surface area contributed by atoms with E-state index >= 15 is 0 Å². The topological polar surface area (TPSA) is 9.72 Å². The van der Waals surface area contributed by atoms with Crippen molar-refractivity contribution in [2.75, 3.05) is 14.7 Å². The monoisotopic (exact) mass is 739 g/mol. The Balaban J connectivity index is 1.26. The first-order valence-electron chi connectivity index (χ1n) is 20.0. The fourth-order valence-electron chi connectivity index (χ4n) is 9.05. The highest BCUT2D eigenvalue weighted by atomic mass is 15.2. The quantitative estimate of drug-likeness (QED) is 0.151. The molecule has 0 amide bonds. The summed E-state index contributed by atoms with van der Waals surface area (Å²) in [5.41, 5.74) is 18.9. The van der Waals surface area contributed by atoms with Gasteiger partial charge in [-0.3, -0.25) is 0 Å². The zero-order valence-corrected chi connectivity index (χ0v) is 31.9. The summed E-state index contributed by atoms with van der Waals surface area (Å²) in [6.07, 6.45) is 0. The molecule has 0 aromatic heterocycles. The van der Waals surface area contributed by atoms with Crippen LogP contribution < -0.4 is 31.1 Å². The molecule has 9 aromatic rings. The summed E-state index contributed by atoms with van der Waals surface area (Å²) in [5, 5.41) is 0. The Bertz CT molecular complexity index is 2690. The van der Waals surface area contributed by atoms with E-state index in [0.717, 1.165) is 39.8 Å². The second-order valence-corrected chi connectivity index (χ2v) is 15.0. The second-order valence-electron chi connectivity index (χ2n) is 15.0. The number of nitrogens with zero attached hydrogens (tertiary/aromatic N) is 3. The molecule has 0 fully saturated rings. The molecule has 2 aliphatic rings. The summed E-state index contributed by atoms with van der Waals surface area (Å²) in [6, 6.07) is 83.8. The van der Waals surface area contributed by atoms with Crippen molar-refractivity contribution in [3.8, 4) is 22.3 Å². The Kier molecular flexibility index (Phi) is 8.26. The fourth-order valence-corrected chi connectivity index (χ4v) is 9.05. The maximum Gasteiger partial charge on any atom is 0.252 e. The third kappa shape index (κ3) is 5.69. The number of benzene rings is 9. The molecule has 0 spiro atoms. The number of anilines is 9. The van der Waals surface area contributed by atoms with E-state index in [1.807, 2.05) is 0 Å². The Hall–Kier alpha value is -7.56. The molecule has 0 saturated carbocycles. The Labute approximate surface area is 340 Å². The molecule has 2 aliphatic heterocycles. The average molecular weight is 740 g/mol. The first-order chi connectivity index (χ1) is 28.8. The lowest BCUT2D eigenvalue weighted by atomic mass is 9.33. The van der Waals surface area contributed by atoms with Gasteiger partial charge in [-0.15, -0.1) is 0 Å². The van der Waals surface area contributed by atoms with Crippen LogP contribution in [0.15, 0.2) is 231 Å². The van der Waals surface area contributed by atoms with E-state index in [4.69, 9.17) is 0 Å². The van der Waals surface area contributed by atoms with Crippen LogP contribution in [0.25, 0.3) is 22.3 Å². The van der Waals surface area contributed by atoms with Crippen molar-refractivity contribution in [3.63, 3.8) is 0 Å². The van der Waals surface area contributed by atoms with Crippen molar-refractivity contribution >= 4 is 74.3 Å². The normalized spacial score (nSPS) is 12.4. The van der Waals surface area contributed by atoms with Crippen LogP contribution in [0.2, 0.25) is 0 Å². The lowest BCUT2D eigenvalue weighted by Crippen LogP contribution is -2.61. The van der Waals surface area contributed by atoms with Crippen LogP contribution in [0.5, 0.6) is 0 Å². The van der Waals surface area contributed by atoms with E-state index in [9.17, 15) is 0 Å². The maximum atomic E-state index is 2.49. The zero-order chi connectivity index (χ0) is 38.4. The highest BCUT2D eigenvalue weighted by Gasteiger charge is 2.44. The molecule has 9 aromatic carbocycles. The molecule has 3 nitrogen and oxygen atoms in total. The third-order valence-corrected chi connectivity index (χ3v) is 11.6. The van der Waals surface area contributed by atoms with Crippen LogP contribution in [-0.4, -0.2) is 6.71 Å². The molecule has 0 N–H and O–H groups in total. The number of hydrogen-bond donors (Lipinski definition) is 0. The van der Waals surface area contributed by atoms with Gasteiger partial charge in [0.1, 0.15) is 0 Å². The molecule has 4 heteroatoms. The highest BCUT2D eigenvalue weighted by molar-refractivity contribution is 7.00. The number of hydrogen-bond acceptors (Lipinski definition) is 3. The lowest BCUT2D eigenvalue weighted by Gasteiger charge is -2.45. The fraction of sp³-hybridized carbons (Fsp3) is 0. The van der Waals surface area contributed by atoms with E-state index < -0.39 is 0 Å². The number of fused-ring (bicyclic) bond motifs is 4. The van der Waals surface area contributed by atoms with Gasteiger partial charge in [-0.25, -0.2) is 0 Å². The molecule has 11 rings (SSSR count). The first-order valence-corrected chi connectivity index (χ1v) is 20.0. The predicted octanol–water partition coefficient (Wildman–Crippen LogP) is 12.6. The molecular weight excluding hydrogens is 701 g/mol. The standard InChI is InChI=1S/C54H38BN3/c1-7-19-39(20-8-1)41-31-33-50-48(35-41)55-49-36-42(40-21-9-2-10-22-40)32-34-51(49)58(46-29-17-6-18-30-46)53-38-47(37-52(54(53)55)57(50)45-27-15-5-16-28-45)56(43-23-11-3-12-24-43)44-25-13-4-14-26-44/h1-38H. The number of para-hydroxylation sites is 4. The molecule has 272 valence electrons. The summed E-state index contributed by atoms with van der Waals surface area (Å²) < 4.78 is 0. The van der Waals surface area contributed by atoms with Crippen LogP contribution in [-0.2, 0) is 0 Å². The van der Waals surface area contributed by atoms with E-state index in [1.54, 1.807) is 0 Å². The van der Waals surface area contributed by atoms with Crippen LogP contribution in [0.4, 0.5) is 51.2 Å². The summed E-state index contributed by atoms with van der Waals surface area (Å²) in [5.74, 6) is 0. The molecule has 2 heterocycles. The largest absolute Gasteiger partial charge is 0.311 e. The van der Waals surface area contributed by atoms with E-state index in [-0.39, 0.29) is 6.71 Å². The summed E-state index contributed by atoms with van der Waals surface area (Å²) in [6.45, 7) is -0.0433. The SMILES string of the molecule is c1ccc(-c2ccc3c(c2)B2c4cc(-c5ccccc5)ccc4N(c4ccccc4)c4cc(N(c5ccccc5)c5ccccc5)cc(c42)N3c2ccccc2)cc1. The lowest BCUT2D eigenvalue weighted by molar-refractivity contribution is 1.23. The molecule has 0 aliphatic carbocycles. The average Bonchev–Trinajstić information content (AvgIpc) is 3.30. The maximum absolute atomic E-state index is 2.49. The molecular formula is C54H38BN3. The molecule has 0 bridgehead atoms. The van der Waals surface area contributed by atoms with Crippen molar-refractivity contribution in [2.24, 2.45) is 0 Å². The van der Waals surface area contributed by atoms with Crippen molar-refractivity contribution < 1.29 is 0 Å². The van der Waals surface area contributed by atoms with Crippen molar-refractivity contribution in [1.82, 2.24) is 0 Å².